The Labute approximate surface area is 135 Å². The Morgan fingerprint density at radius 2 is 1.83 bits per heavy atom. The predicted molar refractivity (Wildman–Crippen MR) is 86.6 cm³/mol. The van der Waals surface area contributed by atoms with Crippen molar-refractivity contribution in [2.75, 3.05) is 6.61 Å². The van der Waals surface area contributed by atoms with Gasteiger partial charge in [0, 0.05) is 23.5 Å². The normalized spacial score (nSPS) is 10.6. The van der Waals surface area contributed by atoms with E-state index in [1.54, 1.807) is 24.3 Å². The Kier molecular flexibility index (Phi) is 5.34. The average Bonchev–Trinajstić information content (AvgIpc) is 2.86. The highest BCUT2D eigenvalue weighted by Crippen LogP contribution is 2.16. The molecule has 0 aliphatic carbocycles. The van der Waals surface area contributed by atoms with E-state index >= 15 is 0 Å². The number of ether oxygens (including phenoxy) is 1. The van der Waals surface area contributed by atoms with Crippen LogP contribution in [0.4, 0.5) is 0 Å². The molecule has 0 bridgehead atoms. The van der Waals surface area contributed by atoms with Gasteiger partial charge in [-0.1, -0.05) is 12.1 Å². The van der Waals surface area contributed by atoms with E-state index in [1.807, 2.05) is 31.4 Å². The number of rotatable bonds is 6. The van der Waals surface area contributed by atoms with E-state index in [0.717, 1.165) is 17.9 Å². The van der Waals surface area contributed by atoms with Gasteiger partial charge in [-0.3, -0.25) is 4.79 Å². The van der Waals surface area contributed by atoms with Crippen LogP contribution in [0.15, 0.2) is 30.3 Å². The Hall–Kier alpha value is -2.40. The number of hydrogen-bond donors (Lipinski definition) is 1. The van der Waals surface area contributed by atoms with E-state index in [4.69, 9.17) is 9.84 Å². The molecule has 0 saturated heterocycles. The molecular weight excluding hydrogens is 294 g/mol. The zero-order valence-corrected chi connectivity index (χ0v) is 13.6. The lowest BCUT2D eigenvalue weighted by atomic mass is 10.1. The third-order valence-corrected chi connectivity index (χ3v) is 3.90. The van der Waals surface area contributed by atoms with Crippen LogP contribution in [0.2, 0.25) is 0 Å². The van der Waals surface area contributed by atoms with Gasteiger partial charge in [0.05, 0.1) is 12.2 Å². The minimum Gasteiger partial charge on any atom is -0.454 e. The molecule has 0 aliphatic rings. The first-order chi connectivity index (χ1) is 11.0. The van der Waals surface area contributed by atoms with E-state index in [2.05, 4.69) is 0 Å². The summed E-state index contributed by atoms with van der Waals surface area (Å²) in [5.74, 6) is -0.759. The molecule has 0 saturated carbocycles. The number of ketones is 1. The van der Waals surface area contributed by atoms with Gasteiger partial charge in [0.25, 0.3) is 0 Å². The summed E-state index contributed by atoms with van der Waals surface area (Å²) in [7, 11) is 0. The molecule has 0 radical (unpaired) electrons. The van der Waals surface area contributed by atoms with Gasteiger partial charge in [0.15, 0.2) is 6.61 Å². The molecule has 5 nitrogen and oxygen atoms in total. The van der Waals surface area contributed by atoms with E-state index in [-0.39, 0.29) is 19.0 Å². The maximum atomic E-state index is 12.3. The molecule has 0 unspecified atom stereocenters. The smallest absolute Gasteiger partial charge is 0.338 e. The van der Waals surface area contributed by atoms with Crippen molar-refractivity contribution in [2.45, 2.75) is 33.9 Å². The number of aromatic nitrogens is 1. The van der Waals surface area contributed by atoms with Gasteiger partial charge < -0.3 is 14.4 Å². The fourth-order valence-electron chi connectivity index (χ4n) is 2.61. The second kappa shape index (κ2) is 7.24. The van der Waals surface area contributed by atoms with Crippen LogP contribution in [-0.2, 0) is 17.9 Å². The molecule has 2 rings (SSSR count). The maximum absolute atomic E-state index is 12.3. The first kappa shape index (κ1) is 17.0. The first-order valence-electron chi connectivity index (χ1n) is 7.54. The number of nitrogens with zero attached hydrogens (tertiary/aromatic N) is 1. The van der Waals surface area contributed by atoms with Gasteiger partial charge >= 0.3 is 5.97 Å². The summed E-state index contributed by atoms with van der Waals surface area (Å²) in [6.45, 7) is 6.28. The number of hydrogen-bond acceptors (Lipinski definition) is 4. The van der Waals surface area contributed by atoms with E-state index < -0.39 is 5.97 Å². The molecule has 122 valence electrons. The summed E-state index contributed by atoms with van der Waals surface area (Å²) in [6.07, 6.45) is 0. The topological polar surface area (TPSA) is 68.5 Å². The molecule has 0 atom stereocenters. The molecule has 0 amide bonds. The van der Waals surface area contributed by atoms with Gasteiger partial charge in [-0.15, -0.1) is 0 Å². The fraction of sp³-hybridized carbons (Fsp3) is 0.333. The number of esters is 1. The average molecular weight is 315 g/mol. The zero-order chi connectivity index (χ0) is 17.0. The van der Waals surface area contributed by atoms with Crippen LogP contribution >= 0.6 is 0 Å². The lowest BCUT2D eigenvalue weighted by molar-refractivity contribution is 0.0474. The molecule has 1 heterocycles. The molecule has 23 heavy (non-hydrogen) atoms. The van der Waals surface area contributed by atoms with Crippen LogP contribution in [0, 0.1) is 13.8 Å². The summed E-state index contributed by atoms with van der Waals surface area (Å²) < 4.78 is 7.14. The largest absolute Gasteiger partial charge is 0.454 e. The predicted octanol–water partition coefficient (Wildman–Crippen LogP) is 2.66. The first-order valence-corrected chi connectivity index (χ1v) is 7.54. The van der Waals surface area contributed by atoms with E-state index in [1.165, 1.54) is 0 Å². The number of benzene rings is 1. The fourth-order valence-corrected chi connectivity index (χ4v) is 2.61. The molecule has 1 N–H and O–H groups in total. The van der Waals surface area contributed by atoms with Crippen LogP contribution in [0.3, 0.4) is 0 Å². The number of carbonyl (C=O) groups is 2. The lowest BCUT2D eigenvalue weighted by Gasteiger charge is -2.07. The molecule has 2 aromatic rings. The van der Waals surface area contributed by atoms with Crippen molar-refractivity contribution in [3.63, 3.8) is 0 Å². The Balaban J connectivity index is 2.02. The number of Topliss-reactive ketones (excluding diaryl/α,β-unsaturated/α-hetero) is 1. The van der Waals surface area contributed by atoms with Crippen molar-refractivity contribution in [1.82, 2.24) is 4.57 Å². The van der Waals surface area contributed by atoms with Gasteiger partial charge in [-0.2, -0.15) is 0 Å². The van der Waals surface area contributed by atoms with E-state index in [9.17, 15) is 9.59 Å². The zero-order valence-electron chi connectivity index (χ0n) is 13.6. The molecule has 0 spiro atoms. The quantitative estimate of drug-likeness (QED) is 0.657. The third kappa shape index (κ3) is 3.68. The molecule has 5 heteroatoms. The summed E-state index contributed by atoms with van der Waals surface area (Å²) in [4.78, 5) is 24.2. The number of aryl methyl sites for hydroxylation is 1. The monoisotopic (exact) mass is 315 g/mol. The summed E-state index contributed by atoms with van der Waals surface area (Å²) >= 11 is 0. The number of carbonyl (C=O) groups excluding carboxylic acids is 2. The molecular formula is C18H21NO4. The van der Waals surface area contributed by atoms with Gasteiger partial charge in [-0.05, 0) is 44.5 Å². The summed E-state index contributed by atoms with van der Waals surface area (Å²) in [6, 6.07) is 8.26. The highest BCUT2D eigenvalue weighted by molar-refractivity contribution is 6.00. The Morgan fingerprint density at radius 3 is 2.35 bits per heavy atom. The molecule has 1 aromatic heterocycles. The Morgan fingerprint density at radius 1 is 1.17 bits per heavy atom. The second-order valence-corrected chi connectivity index (χ2v) is 5.38. The summed E-state index contributed by atoms with van der Waals surface area (Å²) in [5.41, 5.74) is 3.56. The second-order valence-electron chi connectivity index (χ2n) is 5.38. The minimum absolute atomic E-state index is 0.0825. The highest BCUT2D eigenvalue weighted by Gasteiger charge is 2.17. The van der Waals surface area contributed by atoms with Crippen LogP contribution in [0.25, 0.3) is 0 Å². The number of aliphatic hydroxyl groups excluding tert-OH is 1. The third-order valence-electron chi connectivity index (χ3n) is 3.90. The summed E-state index contributed by atoms with van der Waals surface area (Å²) in [5, 5.41) is 8.98. The molecule has 0 fully saturated rings. The Bertz CT molecular complexity index is 713. The van der Waals surface area contributed by atoms with Crippen molar-refractivity contribution in [2.24, 2.45) is 0 Å². The van der Waals surface area contributed by atoms with Crippen molar-refractivity contribution >= 4 is 11.8 Å². The van der Waals surface area contributed by atoms with Crippen LogP contribution < -0.4 is 0 Å². The minimum atomic E-state index is -0.549. The standard InChI is InChI=1S/C18H21NO4/c1-4-19-12(2)9-16(13(19)3)17(21)11-23-18(22)15-7-5-14(10-20)6-8-15/h5-9,20H,4,10-11H2,1-3H3. The highest BCUT2D eigenvalue weighted by atomic mass is 16.5. The molecule has 1 aromatic carbocycles. The van der Waals surface area contributed by atoms with Gasteiger partial charge in [-0.25, -0.2) is 4.79 Å². The lowest BCUT2D eigenvalue weighted by Crippen LogP contribution is -2.15. The molecule has 0 aliphatic heterocycles. The maximum Gasteiger partial charge on any atom is 0.338 e. The van der Waals surface area contributed by atoms with Crippen molar-refractivity contribution < 1.29 is 19.4 Å². The van der Waals surface area contributed by atoms with Crippen LogP contribution in [-0.4, -0.2) is 28.0 Å². The van der Waals surface area contributed by atoms with Crippen LogP contribution in [0.5, 0.6) is 0 Å². The van der Waals surface area contributed by atoms with Gasteiger partial charge in [0.1, 0.15) is 0 Å². The van der Waals surface area contributed by atoms with Crippen molar-refractivity contribution in [3.8, 4) is 0 Å². The SMILES string of the molecule is CCn1c(C)cc(C(=O)COC(=O)c2ccc(CO)cc2)c1C. The van der Waals surface area contributed by atoms with Gasteiger partial charge in [0.2, 0.25) is 5.78 Å². The van der Waals surface area contributed by atoms with Crippen LogP contribution in [0.1, 0.15) is 44.6 Å². The van der Waals surface area contributed by atoms with Crippen molar-refractivity contribution in [1.29, 1.82) is 0 Å². The van der Waals surface area contributed by atoms with E-state index in [0.29, 0.717) is 16.7 Å². The number of aliphatic hydroxyl groups is 1. The van der Waals surface area contributed by atoms with Crippen molar-refractivity contribution in [3.05, 3.63) is 58.4 Å².